The average Bonchev–Trinajstić information content (AvgIpc) is 2.34. The van der Waals surface area contributed by atoms with Crippen LogP contribution < -0.4 is 5.32 Å². The van der Waals surface area contributed by atoms with Gasteiger partial charge >= 0.3 is 11.7 Å². The molecule has 0 unspecified atom stereocenters. The lowest BCUT2D eigenvalue weighted by atomic mass is 9.99. The summed E-state index contributed by atoms with van der Waals surface area (Å²) in [5.74, 6) is -1.23. The van der Waals surface area contributed by atoms with Crippen LogP contribution in [0, 0.1) is 16.0 Å². The van der Waals surface area contributed by atoms with Crippen molar-refractivity contribution in [1.82, 2.24) is 4.98 Å². The zero-order chi connectivity index (χ0) is 13.7. The third-order valence-electron chi connectivity index (χ3n) is 2.75. The summed E-state index contributed by atoms with van der Waals surface area (Å²) in [6.45, 7) is 3.62. The van der Waals surface area contributed by atoms with E-state index in [0.29, 0.717) is 6.42 Å². The first-order valence-electron chi connectivity index (χ1n) is 5.56. The van der Waals surface area contributed by atoms with Gasteiger partial charge in [0, 0.05) is 12.3 Å². The van der Waals surface area contributed by atoms with E-state index in [1.54, 1.807) is 6.92 Å². The van der Waals surface area contributed by atoms with Crippen molar-refractivity contribution in [2.24, 2.45) is 5.92 Å². The number of hydrogen-bond acceptors (Lipinski definition) is 5. The highest BCUT2D eigenvalue weighted by molar-refractivity contribution is 5.78. The Labute approximate surface area is 104 Å². The molecule has 0 amide bonds. The fourth-order valence-corrected chi connectivity index (χ4v) is 1.49. The van der Waals surface area contributed by atoms with Crippen molar-refractivity contribution in [3.63, 3.8) is 0 Å². The topological polar surface area (TPSA) is 105 Å². The maximum Gasteiger partial charge on any atom is 0.326 e. The maximum atomic E-state index is 11.1. The van der Waals surface area contributed by atoms with Crippen molar-refractivity contribution in [3.05, 3.63) is 28.4 Å². The van der Waals surface area contributed by atoms with Crippen molar-refractivity contribution in [3.8, 4) is 0 Å². The third-order valence-corrected chi connectivity index (χ3v) is 2.75. The molecule has 1 heterocycles. The summed E-state index contributed by atoms with van der Waals surface area (Å²) in [6.07, 6.45) is 2.02. The molecule has 18 heavy (non-hydrogen) atoms. The number of carboxylic acids is 1. The van der Waals surface area contributed by atoms with Gasteiger partial charge in [0.15, 0.2) is 0 Å². The molecule has 0 fully saturated rings. The zero-order valence-electron chi connectivity index (χ0n) is 10.2. The molecule has 7 heteroatoms. The summed E-state index contributed by atoms with van der Waals surface area (Å²) >= 11 is 0. The number of pyridine rings is 1. The molecular weight excluding hydrogens is 238 g/mol. The van der Waals surface area contributed by atoms with E-state index in [9.17, 15) is 14.9 Å². The lowest BCUT2D eigenvalue weighted by Crippen LogP contribution is -2.35. The Morgan fingerprint density at radius 1 is 1.67 bits per heavy atom. The van der Waals surface area contributed by atoms with Crippen LogP contribution in [0.3, 0.4) is 0 Å². The number of aliphatic carboxylic acids is 1. The van der Waals surface area contributed by atoms with Crippen LogP contribution in [0.4, 0.5) is 11.5 Å². The molecule has 1 aromatic rings. The van der Waals surface area contributed by atoms with Crippen LogP contribution in [0.5, 0.6) is 0 Å². The van der Waals surface area contributed by atoms with Gasteiger partial charge in [-0.05, 0) is 12.0 Å². The van der Waals surface area contributed by atoms with Gasteiger partial charge < -0.3 is 10.4 Å². The molecule has 0 aliphatic rings. The minimum absolute atomic E-state index is 0.0183. The van der Waals surface area contributed by atoms with Crippen molar-refractivity contribution >= 4 is 17.5 Å². The molecule has 0 aromatic carbocycles. The minimum Gasteiger partial charge on any atom is -0.480 e. The summed E-state index contributed by atoms with van der Waals surface area (Å²) in [5.41, 5.74) is -0.230. The highest BCUT2D eigenvalue weighted by Crippen LogP contribution is 2.23. The maximum absolute atomic E-state index is 11.1. The quantitative estimate of drug-likeness (QED) is 0.592. The van der Waals surface area contributed by atoms with E-state index in [-0.39, 0.29) is 17.4 Å². The number of aromatic nitrogens is 1. The summed E-state index contributed by atoms with van der Waals surface area (Å²) in [7, 11) is 0. The standard InChI is InChI=1S/C11H15N3O4/c1-3-7(2)9(11(15)16)13-10-8(14(17)18)5-4-6-12-10/h4-7,9H,3H2,1-2H3,(H,12,13)(H,15,16)/t7-,9-/m0/s1. The average molecular weight is 253 g/mol. The van der Waals surface area contributed by atoms with E-state index in [2.05, 4.69) is 10.3 Å². The largest absolute Gasteiger partial charge is 0.480 e. The second-order valence-electron chi connectivity index (χ2n) is 3.97. The van der Waals surface area contributed by atoms with Crippen molar-refractivity contribution in [2.75, 3.05) is 5.32 Å². The lowest BCUT2D eigenvalue weighted by molar-refractivity contribution is -0.384. The number of rotatable bonds is 6. The Kier molecular flexibility index (Phi) is 4.59. The van der Waals surface area contributed by atoms with Gasteiger partial charge in [-0.25, -0.2) is 9.78 Å². The number of nitrogens with one attached hydrogen (secondary N) is 1. The van der Waals surface area contributed by atoms with Crippen LogP contribution in [0.15, 0.2) is 18.3 Å². The van der Waals surface area contributed by atoms with Gasteiger partial charge in [0.25, 0.3) is 0 Å². The highest BCUT2D eigenvalue weighted by Gasteiger charge is 2.26. The first-order valence-corrected chi connectivity index (χ1v) is 5.56. The number of nitro groups is 1. The van der Waals surface area contributed by atoms with Crippen LogP contribution in [0.2, 0.25) is 0 Å². The highest BCUT2D eigenvalue weighted by atomic mass is 16.6. The monoisotopic (exact) mass is 253 g/mol. The van der Waals surface area contributed by atoms with Gasteiger partial charge in [-0.3, -0.25) is 10.1 Å². The van der Waals surface area contributed by atoms with E-state index in [4.69, 9.17) is 5.11 Å². The molecule has 0 saturated heterocycles. The molecule has 0 aliphatic carbocycles. The molecule has 2 N–H and O–H groups in total. The summed E-state index contributed by atoms with van der Waals surface area (Å²) in [5, 5.41) is 22.5. The summed E-state index contributed by atoms with van der Waals surface area (Å²) in [6, 6.07) is 1.82. The van der Waals surface area contributed by atoms with E-state index in [0.717, 1.165) is 0 Å². The molecular formula is C11H15N3O4. The van der Waals surface area contributed by atoms with Crippen LogP contribution >= 0.6 is 0 Å². The summed E-state index contributed by atoms with van der Waals surface area (Å²) in [4.78, 5) is 25.1. The second-order valence-corrected chi connectivity index (χ2v) is 3.97. The fourth-order valence-electron chi connectivity index (χ4n) is 1.49. The molecule has 0 aliphatic heterocycles. The third kappa shape index (κ3) is 3.16. The Balaban J connectivity index is 3.01. The second kappa shape index (κ2) is 5.95. The number of carboxylic acid groups (broad SMARTS) is 1. The van der Waals surface area contributed by atoms with E-state index in [1.807, 2.05) is 6.92 Å². The number of carbonyl (C=O) groups is 1. The molecule has 0 spiro atoms. The smallest absolute Gasteiger partial charge is 0.326 e. The number of nitrogens with zero attached hydrogens (tertiary/aromatic N) is 2. The lowest BCUT2D eigenvalue weighted by Gasteiger charge is -2.20. The van der Waals surface area contributed by atoms with E-state index in [1.165, 1.54) is 18.3 Å². The van der Waals surface area contributed by atoms with Gasteiger partial charge in [0.1, 0.15) is 6.04 Å². The molecule has 2 atom stereocenters. The molecule has 7 nitrogen and oxygen atoms in total. The van der Waals surface area contributed by atoms with Crippen LogP contribution in [-0.2, 0) is 4.79 Å². The van der Waals surface area contributed by atoms with E-state index >= 15 is 0 Å². The van der Waals surface area contributed by atoms with Gasteiger partial charge in [0.05, 0.1) is 4.92 Å². The zero-order valence-corrected chi connectivity index (χ0v) is 10.2. The van der Waals surface area contributed by atoms with Crippen LogP contribution in [0.25, 0.3) is 0 Å². The van der Waals surface area contributed by atoms with Gasteiger partial charge in [-0.1, -0.05) is 20.3 Å². The van der Waals surface area contributed by atoms with Crippen LogP contribution in [0.1, 0.15) is 20.3 Å². The van der Waals surface area contributed by atoms with Gasteiger partial charge in [-0.2, -0.15) is 0 Å². The number of hydrogen-bond donors (Lipinski definition) is 2. The molecule has 1 rings (SSSR count). The van der Waals surface area contributed by atoms with Gasteiger partial charge in [0.2, 0.25) is 5.82 Å². The minimum atomic E-state index is -1.05. The summed E-state index contributed by atoms with van der Waals surface area (Å²) < 4.78 is 0. The van der Waals surface area contributed by atoms with Gasteiger partial charge in [-0.15, -0.1) is 0 Å². The Morgan fingerprint density at radius 2 is 2.33 bits per heavy atom. The predicted octanol–water partition coefficient (Wildman–Crippen LogP) is 1.90. The Morgan fingerprint density at radius 3 is 2.83 bits per heavy atom. The van der Waals surface area contributed by atoms with Crippen molar-refractivity contribution < 1.29 is 14.8 Å². The molecule has 0 bridgehead atoms. The molecule has 98 valence electrons. The normalized spacial score (nSPS) is 13.7. The Hall–Kier alpha value is -2.18. The van der Waals surface area contributed by atoms with Crippen LogP contribution in [-0.4, -0.2) is 27.0 Å². The molecule has 1 aromatic heterocycles. The Bertz CT molecular complexity index is 450. The SMILES string of the molecule is CC[C@H](C)[C@H](Nc1ncccc1[N+](=O)[O-])C(=O)O. The first-order chi connectivity index (χ1) is 8.47. The fraction of sp³-hybridized carbons (Fsp3) is 0.455. The predicted molar refractivity (Wildman–Crippen MR) is 65.4 cm³/mol. The molecule has 0 saturated carbocycles. The number of anilines is 1. The van der Waals surface area contributed by atoms with Crippen molar-refractivity contribution in [2.45, 2.75) is 26.3 Å². The van der Waals surface area contributed by atoms with Crippen molar-refractivity contribution in [1.29, 1.82) is 0 Å². The molecule has 0 radical (unpaired) electrons. The first kappa shape index (κ1) is 13.9. The van der Waals surface area contributed by atoms with E-state index < -0.39 is 16.9 Å².